The minimum absolute atomic E-state index is 0.0678. The Morgan fingerprint density at radius 3 is 2.45 bits per heavy atom. The quantitative estimate of drug-likeness (QED) is 0.743. The summed E-state index contributed by atoms with van der Waals surface area (Å²) >= 11 is 0. The second kappa shape index (κ2) is 7.25. The lowest BCUT2D eigenvalue weighted by atomic mass is 10.1. The average Bonchev–Trinajstić information content (AvgIpc) is 2.38. The lowest BCUT2D eigenvalue weighted by Gasteiger charge is -2.09. The minimum atomic E-state index is -3.49. The third kappa shape index (κ3) is 5.58. The number of hydrogen-bond acceptors (Lipinski definition) is 5. The largest absolute Gasteiger partial charge is 0.469 e. The normalized spacial score (nSPS) is 12.8. The third-order valence-electron chi connectivity index (χ3n) is 2.69. The molecule has 1 rings (SSSR count). The molecule has 0 radical (unpaired) electrons. The van der Waals surface area contributed by atoms with E-state index in [1.165, 1.54) is 7.11 Å². The summed E-state index contributed by atoms with van der Waals surface area (Å²) in [6.07, 6.45) is -0.327. The van der Waals surface area contributed by atoms with Gasteiger partial charge in [-0.2, -0.15) is 0 Å². The van der Waals surface area contributed by atoms with Gasteiger partial charge >= 0.3 is 5.97 Å². The van der Waals surface area contributed by atoms with Crippen LogP contribution in [0.1, 0.15) is 31.4 Å². The maximum absolute atomic E-state index is 11.8. The molecule has 2 N–H and O–H groups in total. The van der Waals surface area contributed by atoms with Crippen molar-refractivity contribution in [3.63, 3.8) is 0 Å². The van der Waals surface area contributed by atoms with Crippen LogP contribution in [0.4, 0.5) is 5.69 Å². The van der Waals surface area contributed by atoms with Crippen LogP contribution in [0, 0.1) is 0 Å². The molecule has 0 aromatic heterocycles. The average molecular weight is 301 g/mol. The molecule has 0 saturated carbocycles. The Kier molecular flexibility index (Phi) is 5.97. The van der Waals surface area contributed by atoms with Gasteiger partial charge in [0.15, 0.2) is 0 Å². The Hall–Kier alpha value is -1.60. The second-order valence-electron chi connectivity index (χ2n) is 4.40. The molecule has 0 saturated heterocycles. The van der Waals surface area contributed by atoms with Gasteiger partial charge in [0, 0.05) is 12.1 Å². The summed E-state index contributed by atoms with van der Waals surface area (Å²) in [4.78, 5) is 10.9. The number of carbonyl (C=O) groups is 1. The molecule has 20 heavy (non-hydrogen) atoms. The molecule has 0 fully saturated rings. The lowest BCUT2D eigenvalue weighted by Crippen LogP contribution is -2.17. The summed E-state index contributed by atoms with van der Waals surface area (Å²) < 4.78 is 30.4. The van der Waals surface area contributed by atoms with Crippen molar-refractivity contribution in [2.75, 3.05) is 17.6 Å². The maximum Gasteiger partial charge on any atom is 0.305 e. The smallest absolute Gasteiger partial charge is 0.305 e. The fourth-order valence-corrected chi connectivity index (χ4v) is 2.69. The van der Waals surface area contributed by atoms with Crippen LogP contribution in [0.3, 0.4) is 0 Å². The highest BCUT2D eigenvalue weighted by Crippen LogP contribution is 2.16. The van der Waals surface area contributed by atoms with E-state index in [0.29, 0.717) is 11.3 Å². The van der Waals surface area contributed by atoms with Crippen LogP contribution < -0.4 is 4.72 Å². The molecular weight excluding hydrogens is 282 g/mol. The number of esters is 1. The van der Waals surface area contributed by atoms with E-state index in [1.54, 1.807) is 31.2 Å². The monoisotopic (exact) mass is 301 g/mol. The van der Waals surface area contributed by atoms with Gasteiger partial charge < -0.3 is 9.84 Å². The molecule has 1 atom stereocenters. The van der Waals surface area contributed by atoms with Gasteiger partial charge in [0.25, 0.3) is 0 Å². The van der Waals surface area contributed by atoms with Crippen LogP contribution in [0.15, 0.2) is 24.3 Å². The van der Waals surface area contributed by atoms with Crippen molar-refractivity contribution in [2.45, 2.75) is 25.9 Å². The van der Waals surface area contributed by atoms with Crippen LogP contribution in [0.2, 0.25) is 0 Å². The van der Waals surface area contributed by atoms with E-state index in [2.05, 4.69) is 9.46 Å². The number of methoxy groups -OCH3 is 1. The van der Waals surface area contributed by atoms with E-state index in [0.717, 1.165) is 0 Å². The van der Waals surface area contributed by atoms with E-state index < -0.39 is 22.1 Å². The van der Waals surface area contributed by atoms with E-state index >= 15 is 0 Å². The highest BCUT2D eigenvalue weighted by Gasteiger charge is 2.12. The zero-order valence-electron chi connectivity index (χ0n) is 11.5. The van der Waals surface area contributed by atoms with Gasteiger partial charge in [-0.05, 0) is 31.0 Å². The summed E-state index contributed by atoms with van der Waals surface area (Å²) in [7, 11) is -2.23. The zero-order chi connectivity index (χ0) is 15.2. The third-order valence-corrected chi connectivity index (χ3v) is 4.06. The molecule has 0 heterocycles. The van der Waals surface area contributed by atoms with Gasteiger partial charge in [0.2, 0.25) is 10.0 Å². The first-order valence-corrected chi connectivity index (χ1v) is 7.84. The number of ether oxygens (including phenoxy) is 1. The maximum atomic E-state index is 11.8. The molecule has 0 bridgehead atoms. The Morgan fingerprint density at radius 1 is 1.35 bits per heavy atom. The summed E-state index contributed by atoms with van der Waals surface area (Å²) in [5.74, 6) is -0.582. The van der Waals surface area contributed by atoms with E-state index in [9.17, 15) is 18.3 Å². The highest BCUT2D eigenvalue weighted by atomic mass is 32.2. The standard InChI is InChI=1S/C13H19NO5S/c1-10(15)11-5-7-12(8-6-11)14-20(17,18)9-3-4-13(16)19-2/h5-8,10,14-15H,3-4,9H2,1-2H3. The molecule has 0 aliphatic heterocycles. The van der Waals surface area contributed by atoms with Crippen molar-refractivity contribution in [1.29, 1.82) is 0 Å². The van der Waals surface area contributed by atoms with E-state index in [-0.39, 0.29) is 18.6 Å². The number of benzene rings is 1. The minimum Gasteiger partial charge on any atom is -0.469 e. The molecule has 1 aromatic carbocycles. The Morgan fingerprint density at radius 2 is 1.95 bits per heavy atom. The highest BCUT2D eigenvalue weighted by molar-refractivity contribution is 7.92. The summed E-state index contributed by atoms with van der Waals surface area (Å²) in [6.45, 7) is 1.63. The molecule has 1 unspecified atom stereocenters. The van der Waals surface area contributed by atoms with Crippen molar-refractivity contribution in [3.8, 4) is 0 Å². The zero-order valence-corrected chi connectivity index (χ0v) is 12.3. The first kappa shape index (κ1) is 16.5. The summed E-state index contributed by atoms with van der Waals surface area (Å²) in [5, 5.41) is 9.36. The van der Waals surface area contributed by atoms with Gasteiger partial charge in [0.1, 0.15) is 0 Å². The van der Waals surface area contributed by atoms with Crippen LogP contribution >= 0.6 is 0 Å². The van der Waals surface area contributed by atoms with E-state index in [1.807, 2.05) is 0 Å². The van der Waals surface area contributed by atoms with Crippen molar-refractivity contribution in [3.05, 3.63) is 29.8 Å². The summed E-state index contributed by atoms with van der Waals surface area (Å²) in [6, 6.07) is 6.47. The lowest BCUT2D eigenvalue weighted by molar-refractivity contribution is -0.140. The Bertz CT molecular complexity index is 536. The SMILES string of the molecule is COC(=O)CCCS(=O)(=O)Nc1ccc(C(C)O)cc1. The number of rotatable bonds is 7. The van der Waals surface area contributed by atoms with Gasteiger partial charge in [-0.15, -0.1) is 0 Å². The van der Waals surface area contributed by atoms with Crippen LogP contribution in [-0.4, -0.2) is 32.4 Å². The molecule has 0 amide bonds. The van der Waals surface area contributed by atoms with E-state index in [4.69, 9.17) is 0 Å². The Labute approximate surface area is 118 Å². The molecule has 0 spiro atoms. The molecular formula is C13H19NO5S. The second-order valence-corrected chi connectivity index (χ2v) is 6.24. The predicted octanol–water partition coefficient (Wildman–Crippen LogP) is 1.43. The topological polar surface area (TPSA) is 92.7 Å². The molecule has 6 nitrogen and oxygen atoms in total. The molecule has 0 aliphatic carbocycles. The number of aliphatic hydroxyl groups excluding tert-OH is 1. The number of anilines is 1. The van der Waals surface area contributed by atoms with Crippen LogP contribution in [-0.2, 0) is 19.6 Å². The van der Waals surface area contributed by atoms with Gasteiger partial charge in [-0.1, -0.05) is 12.1 Å². The van der Waals surface area contributed by atoms with Gasteiger partial charge in [-0.3, -0.25) is 9.52 Å². The molecule has 0 aliphatic rings. The number of sulfonamides is 1. The van der Waals surface area contributed by atoms with Crippen molar-refractivity contribution < 1.29 is 23.1 Å². The molecule has 1 aromatic rings. The summed E-state index contributed by atoms with van der Waals surface area (Å²) in [5.41, 5.74) is 1.13. The Balaban J connectivity index is 2.55. The number of hydrogen-bond donors (Lipinski definition) is 2. The van der Waals surface area contributed by atoms with Crippen LogP contribution in [0.25, 0.3) is 0 Å². The van der Waals surface area contributed by atoms with Gasteiger partial charge in [-0.25, -0.2) is 8.42 Å². The fraction of sp³-hybridized carbons (Fsp3) is 0.462. The molecule has 112 valence electrons. The van der Waals surface area contributed by atoms with Gasteiger partial charge in [0.05, 0.1) is 19.0 Å². The number of nitrogens with one attached hydrogen (secondary N) is 1. The number of carbonyl (C=O) groups excluding carboxylic acids is 1. The first-order valence-electron chi connectivity index (χ1n) is 6.19. The van der Waals surface area contributed by atoms with Crippen molar-refractivity contribution in [1.82, 2.24) is 0 Å². The van der Waals surface area contributed by atoms with Crippen LogP contribution in [0.5, 0.6) is 0 Å². The van der Waals surface area contributed by atoms with Crippen molar-refractivity contribution >= 4 is 21.7 Å². The fourth-order valence-electron chi connectivity index (χ4n) is 1.57. The molecule has 7 heteroatoms. The first-order chi connectivity index (χ1) is 9.34. The number of aliphatic hydroxyl groups is 1. The van der Waals surface area contributed by atoms with Crippen molar-refractivity contribution in [2.24, 2.45) is 0 Å². The predicted molar refractivity (Wildman–Crippen MR) is 75.7 cm³/mol.